The zero-order chi connectivity index (χ0) is 28.4. The Labute approximate surface area is 235 Å². The van der Waals surface area contributed by atoms with Crippen LogP contribution >= 0.6 is 11.3 Å². The molecular weight excluding hydrogens is 516 g/mol. The number of benzene rings is 1. The highest BCUT2D eigenvalue weighted by Crippen LogP contribution is 2.28. The second kappa shape index (κ2) is 14.5. The third-order valence-corrected chi connectivity index (χ3v) is 7.71. The van der Waals surface area contributed by atoms with Gasteiger partial charge in [-0.05, 0) is 43.2 Å². The molecule has 1 aliphatic heterocycles. The summed E-state index contributed by atoms with van der Waals surface area (Å²) < 4.78 is 10.7. The summed E-state index contributed by atoms with van der Waals surface area (Å²) in [4.78, 5) is 46.5. The molecule has 39 heavy (non-hydrogen) atoms. The third kappa shape index (κ3) is 8.84. The molecule has 214 valence electrons. The number of thiazole rings is 1. The predicted molar refractivity (Wildman–Crippen MR) is 152 cm³/mol. The number of hydrogen-bond acceptors (Lipinski definition) is 7. The molecule has 2 N–H and O–H groups in total. The van der Waals surface area contributed by atoms with Crippen LogP contribution in [0, 0.1) is 12.3 Å². The second-order valence-corrected chi connectivity index (χ2v) is 11.7. The van der Waals surface area contributed by atoms with Crippen molar-refractivity contribution in [3.63, 3.8) is 0 Å². The number of rotatable bonds is 13. The standard InChI is InChI=1S/C29H42N4O5S/c1-6-37-16-17-38-15-13-24(34)32-26(29(3,4)5)28(36)33-14-7-8-23(33)27(35)30-18-21-9-11-22(12-10-21)25-20(2)31-19-39-25/h9-12,19,23,26H,6-8,13-18H2,1-5H3,(H,30,35)(H,32,34)/t23-,26+/m0/s1. The van der Waals surface area contributed by atoms with Crippen molar-refractivity contribution in [1.29, 1.82) is 0 Å². The van der Waals surface area contributed by atoms with Gasteiger partial charge in [0.2, 0.25) is 17.7 Å². The average molecular weight is 559 g/mol. The van der Waals surface area contributed by atoms with Crippen LogP contribution in [0.15, 0.2) is 29.8 Å². The van der Waals surface area contributed by atoms with Gasteiger partial charge in [0.05, 0.1) is 35.9 Å². The summed E-state index contributed by atoms with van der Waals surface area (Å²) in [5, 5.41) is 5.90. The molecule has 0 saturated carbocycles. The normalized spacial score (nSPS) is 16.2. The maximum Gasteiger partial charge on any atom is 0.246 e. The zero-order valence-electron chi connectivity index (χ0n) is 23.7. The molecule has 0 radical (unpaired) electrons. The minimum atomic E-state index is -0.746. The van der Waals surface area contributed by atoms with E-state index in [2.05, 4.69) is 15.6 Å². The van der Waals surface area contributed by atoms with Crippen LogP contribution in [0.1, 0.15) is 58.2 Å². The second-order valence-electron chi connectivity index (χ2n) is 10.8. The topological polar surface area (TPSA) is 110 Å². The number of likely N-dealkylation sites (tertiary alicyclic amines) is 1. The largest absolute Gasteiger partial charge is 0.379 e. The Morgan fingerprint density at radius 2 is 1.85 bits per heavy atom. The number of nitrogens with zero attached hydrogens (tertiary/aromatic N) is 2. The molecule has 1 aromatic carbocycles. The quantitative estimate of drug-likeness (QED) is 0.363. The highest BCUT2D eigenvalue weighted by Gasteiger charge is 2.41. The summed E-state index contributed by atoms with van der Waals surface area (Å²) in [6, 6.07) is 6.77. The van der Waals surface area contributed by atoms with Crippen molar-refractivity contribution >= 4 is 29.1 Å². The first-order chi connectivity index (χ1) is 18.6. The highest BCUT2D eigenvalue weighted by atomic mass is 32.1. The highest BCUT2D eigenvalue weighted by molar-refractivity contribution is 7.13. The maximum absolute atomic E-state index is 13.6. The van der Waals surface area contributed by atoms with Crippen molar-refractivity contribution < 1.29 is 23.9 Å². The predicted octanol–water partition coefficient (Wildman–Crippen LogP) is 3.70. The van der Waals surface area contributed by atoms with Gasteiger partial charge >= 0.3 is 0 Å². The number of nitrogens with one attached hydrogen (secondary N) is 2. The van der Waals surface area contributed by atoms with Crippen LogP contribution in [0.4, 0.5) is 0 Å². The molecule has 1 aromatic heterocycles. The number of ether oxygens (including phenoxy) is 2. The van der Waals surface area contributed by atoms with Crippen LogP contribution in [0.25, 0.3) is 10.4 Å². The summed E-state index contributed by atoms with van der Waals surface area (Å²) in [6.45, 7) is 12.3. The van der Waals surface area contributed by atoms with Gasteiger partial charge in [0.1, 0.15) is 12.1 Å². The number of aryl methyl sites for hydroxylation is 1. The van der Waals surface area contributed by atoms with Crippen molar-refractivity contribution in [2.24, 2.45) is 5.41 Å². The fourth-order valence-corrected chi connectivity index (χ4v) is 5.35. The molecule has 2 heterocycles. The smallest absolute Gasteiger partial charge is 0.246 e. The number of hydrogen-bond donors (Lipinski definition) is 2. The Balaban J connectivity index is 1.55. The van der Waals surface area contributed by atoms with E-state index in [1.807, 2.05) is 64.4 Å². The van der Waals surface area contributed by atoms with E-state index >= 15 is 0 Å². The van der Waals surface area contributed by atoms with Gasteiger partial charge in [-0.2, -0.15) is 0 Å². The van der Waals surface area contributed by atoms with Gasteiger partial charge in [-0.3, -0.25) is 14.4 Å². The maximum atomic E-state index is 13.6. The van der Waals surface area contributed by atoms with E-state index in [0.717, 1.165) is 28.1 Å². The molecular formula is C29H42N4O5S. The van der Waals surface area contributed by atoms with E-state index in [-0.39, 0.29) is 30.7 Å². The van der Waals surface area contributed by atoms with Gasteiger partial charge in [-0.1, -0.05) is 45.0 Å². The van der Waals surface area contributed by atoms with Crippen LogP contribution in [-0.2, 0) is 30.4 Å². The summed E-state index contributed by atoms with van der Waals surface area (Å²) in [6.07, 6.45) is 1.49. The van der Waals surface area contributed by atoms with Crippen molar-refractivity contribution in [3.05, 3.63) is 41.0 Å². The molecule has 3 amide bonds. The molecule has 3 rings (SSSR count). The molecule has 1 fully saturated rings. The number of amides is 3. The zero-order valence-corrected chi connectivity index (χ0v) is 24.6. The lowest BCUT2D eigenvalue weighted by molar-refractivity contribution is -0.144. The van der Waals surface area contributed by atoms with Crippen molar-refractivity contribution in [2.45, 2.75) is 72.5 Å². The summed E-state index contributed by atoms with van der Waals surface area (Å²) >= 11 is 1.61. The summed E-state index contributed by atoms with van der Waals surface area (Å²) in [7, 11) is 0. The number of aromatic nitrogens is 1. The van der Waals surface area contributed by atoms with Crippen LogP contribution in [0.5, 0.6) is 0 Å². The number of carbonyl (C=O) groups is 3. The lowest BCUT2D eigenvalue weighted by Crippen LogP contribution is -2.57. The average Bonchev–Trinajstić information content (AvgIpc) is 3.56. The first kappa shape index (κ1) is 30.7. The lowest BCUT2D eigenvalue weighted by atomic mass is 9.85. The van der Waals surface area contributed by atoms with Crippen LogP contribution in [-0.4, -0.2) is 72.7 Å². The lowest BCUT2D eigenvalue weighted by Gasteiger charge is -2.35. The van der Waals surface area contributed by atoms with Crippen molar-refractivity contribution in [1.82, 2.24) is 20.5 Å². The van der Waals surface area contributed by atoms with Gasteiger partial charge in [-0.25, -0.2) is 4.98 Å². The SMILES string of the molecule is CCOCCOCCC(=O)N[C@H](C(=O)N1CCC[C@H]1C(=O)NCc1ccc(-c2scnc2C)cc1)C(C)(C)C. The van der Waals surface area contributed by atoms with Gasteiger partial charge in [0, 0.05) is 26.1 Å². The fraction of sp³-hybridized carbons (Fsp3) is 0.586. The van der Waals surface area contributed by atoms with Crippen molar-refractivity contribution in [3.8, 4) is 10.4 Å². The summed E-state index contributed by atoms with van der Waals surface area (Å²) in [5.74, 6) is -0.656. The first-order valence-electron chi connectivity index (χ1n) is 13.6. The third-order valence-electron chi connectivity index (χ3n) is 6.73. The van der Waals surface area contributed by atoms with Crippen LogP contribution < -0.4 is 10.6 Å². The minimum Gasteiger partial charge on any atom is -0.379 e. The summed E-state index contributed by atoms with van der Waals surface area (Å²) in [5.41, 5.74) is 4.40. The molecule has 2 aromatic rings. The van der Waals surface area contributed by atoms with E-state index in [4.69, 9.17) is 9.47 Å². The fourth-order valence-electron chi connectivity index (χ4n) is 4.54. The van der Waals surface area contributed by atoms with E-state index in [1.165, 1.54) is 0 Å². The molecule has 1 saturated heterocycles. The monoisotopic (exact) mass is 558 g/mol. The molecule has 0 bridgehead atoms. The Morgan fingerprint density at radius 3 is 2.49 bits per heavy atom. The van der Waals surface area contributed by atoms with Gasteiger partial charge in [0.15, 0.2) is 0 Å². The Morgan fingerprint density at radius 1 is 1.13 bits per heavy atom. The molecule has 1 aliphatic rings. The molecule has 2 atom stereocenters. The number of carbonyl (C=O) groups excluding carboxylic acids is 3. The minimum absolute atomic E-state index is 0.150. The van der Waals surface area contributed by atoms with Crippen LogP contribution in [0.3, 0.4) is 0 Å². The van der Waals surface area contributed by atoms with Gasteiger partial charge in [-0.15, -0.1) is 11.3 Å². The van der Waals surface area contributed by atoms with Crippen LogP contribution in [0.2, 0.25) is 0 Å². The van der Waals surface area contributed by atoms with E-state index in [1.54, 1.807) is 16.2 Å². The van der Waals surface area contributed by atoms with E-state index in [9.17, 15) is 14.4 Å². The van der Waals surface area contributed by atoms with Gasteiger partial charge < -0.3 is 25.0 Å². The van der Waals surface area contributed by atoms with Gasteiger partial charge in [0.25, 0.3) is 0 Å². The first-order valence-corrected chi connectivity index (χ1v) is 14.5. The molecule has 0 spiro atoms. The van der Waals surface area contributed by atoms with E-state index in [0.29, 0.717) is 39.3 Å². The van der Waals surface area contributed by atoms with Crippen molar-refractivity contribution in [2.75, 3.05) is 33.0 Å². The molecule has 0 aliphatic carbocycles. The Hall–Kier alpha value is -2.82. The van der Waals surface area contributed by atoms with E-state index < -0.39 is 17.5 Å². The molecule has 10 heteroatoms. The molecule has 9 nitrogen and oxygen atoms in total. The Bertz CT molecular complexity index is 1100. The molecule has 0 unspecified atom stereocenters. The Kier molecular flexibility index (Phi) is 11.4.